The van der Waals surface area contributed by atoms with Gasteiger partial charge in [0.1, 0.15) is 6.26 Å². The maximum atomic E-state index is 12.1. The number of benzene rings is 1. The first kappa shape index (κ1) is 19.8. The van der Waals surface area contributed by atoms with Crippen molar-refractivity contribution < 1.29 is 9.21 Å². The van der Waals surface area contributed by atoms with Crippen LogP contribution < -0.4 is 5.32 Å². The molecule has 1 aromatic carbocycles. The summed E-state index contributed by atoms with van der Waals surface area (Å²) in [5.74, 6) is 0.100. The first-order valence-electron chi connectivity index (χ1n) is 8.46. The molecule has 1 heterocycles. The molecular formula is C18H23Cl2N3O2. The molecule has 0 spiro atoms. The minimum atomic E-state index is -0.238. The predicted octanol–water partition coefficient (Wildman–Crippen LogP) is 4.50. The number of rotatable bonds is 9. The van der Waals surface area contributed by atoms with Crippen LogP contribution in [-0.4, -0.2) is 42.0 Å². The third kappa shape index (κ3) is 5.73. The summed E-state index contributed by atoms with van der Waals surface area (Å²) in [4.78, 5) is 18.7. The van der Waals surface area contributed by atoms with Crippen molar-refractivity contribution in [3.05, 3.63) is 40.2 Å². The van der Waals surface area contributed by atoms with E-state index < -0.39 is 0 Å². The summed E-state index contributed by atoms with van der Waals surface area (Å²) in [5.41, 5.74) is 0.928. The molecule has 25 heavy (non-hydrogen) atoms. The summed E-state index contributed by atoms with van der Waals surface area (Å²) in [6.45, 7) is 8.09. The van der Waals surface area contributed by atoms with Crippen molar-refractivity contribution in [1.82, 2.24) is 15.2 Å². The molecular weight excluding hydrogens is 361 g/mol. The zero-order valence-corrected chi connectivity index (χ0v) is 16.0. The first-order valence-corrected chi connectivity index (χ1v) is 9.22. The molecule has 1 amide bonds. The van der Waals surface area contributed by atoms with Crippen LogP contribution in [0.1, 0.15) is 37.2 Å². The second-order valence-corrected chi connectivity index (χ2v) is 6.47. The van der Waals surface area contributed by atoms with Crippen LogP contribution in [0.5, 0.6) is 0 Å². The molecule has 0 saturated heterocycles. The lowest BCUT2D eigenvalue weighted by Crippen LogP contribution is -2.27. The van der Waals surface area contributed by atoms with Crippen LogP contribution in [0, 0.1) is 0 Å². The second-order valence-electron chi connectivity index (χ2n) is 5.66. The Kier molecular flexibility index (Phi) is 7.75. The van der Waals surface area contributed by atoms with E-state index in [0.717, 1.165) is 32.5 Å². The second kappa shape index (κ2) is 9.80. The van der Waals surface area contributed by atoms with E-state index in [1.807, 2.05) is 0 Å². The van der Waals surface area contributed by atoms with Gasteiger partial charge in [0.25, 0.3) is 5.91 Å². The van der Waals surface area contributed by atoms with Crippen molar-refractivity contribution in [3.8, 4) is 11.5 Å². The fourth-order valence-electron chi connectivity index (χ4n) is 2.43. The lowest BCUT2D eigenvalue weighted by molar-refractivity contribution is 0.0947. The Morgan fingerprint density at radius 3 is 2.64 bits per heavy atom. The standard InChI is InChI=1S/C18H23Cl2N3O2/c1-3-23(4-2)10-6-5-9-21-17(24)16-12-25-18(22-16)13-7-8-14(19)15(20)11-13/h7-8,11-12H,3-6,9-10H2,1-2H3,(H,21,24). The number of aromatic nitrogens is 1. The molecule has 1 N–H and O–H groups in total. The molecule has 0 saturated carbocycles. The fourth-order valence-corrected chi connectivity index (χ4v) is 2.73. The third-order valence-electron chi connectivity index (χ3n) is 3.98. The lowest BCUT2D eigenvalue weighted by Gasteiger charge is -2.17. The van der Waals surface area contributed by atoms with E-state index in [-0.39, 0.29) is 11.6 Å². The van der Waals surface area contributed by atoms with Gasteiger partial charge in [0.15, 0.2) is 5.69 Å². The van der Waals surface area contributed by atoms with Gasteiger partial charge >= 0.3 is 0 Å². The average molecular weight is 384 g/mol. The van der Waals surface area contributed by atoms with Crippen molar-refractivity contribution >= 4 is 29.1 Å². The first-order chi connectivity index (χ1) is 12.0. The Morgan fingerprint density at radius 2 is 1.96 bits per heavy atom. The van der Waals surface area contributed by atoms with E-state index in [1.54, 1.807) is 18.2 Å². The molecule has 0 aliphatic carbocycles. The number of amides is 1. The highest BCUT2D eigenvalue weighted by atomic mass is 35.5. The Labute approximate surface area is 158 Å². The molecule has 7 heteroatoms. The van der Waals surface area contributed by atoms with Gasteiger partial charge in [-0.05, 0) is 50.7 Å². The molecule has 2 aromatic rings. The summed E-state index contributed by atoms with van der Waals surface area (Å²) < 4.78 is 5.37. The van der Waals surface area contributed by atoms with Crippen LogP contribution in [-0.2, 0) is 0 Å². The van der Waals surface area contributed by atoms with Gasteiger partial charge in [0, 0.05) is 12.1 Å². The lowest BCUT2D eigenvalue weighted by atomic mass is 10.2. The van der Waals surface area contributed by atoms with Crippen molar-refractivity contribution in [2.75, 3.05) is 26.2 Å². The largest absolute Gasteiger partial charge is 0.444 e. The van der Waals surface area contributed by atoms with Crippen LogP contribution in [0.15, 0.2) is 28.9 Å². The number of nitrogens with one attached hydrogen (secondary N) is 1. The van der Waals surface area contributed by atoms with Gasteiger partial charge in [-0.15, -0.1) is 0 Å². The Morgan fingerprint density at radius 1 is 1.20 bits per heavy atom. The molecule has 0 bridgehead atoms. The van der Waals surface area contributed by atoms with Crippen LogP contribution in [0.4, 0.5) is 0 Å². The summed E-state index contributed by atoms with van der Waals surface area (Å²) in [6.07, 6.45) is 3.33. The van der Waals surface area contributed by atoms with Crippen molar-refractivity contribution in [3.63, 3.8) is 0 Å². The SMILES string of the molecule is CCN(CC)CCCCNC(=O)c1coc(-c2ccc(Cl)c(Cl)c2)n1. The highest BCUT2D eigenvalue weighted by Gasteiger charge is 2.14. The van der Waals surface area contributed by atoms with Crippen LogP contribution in [0.3, 0.4) is 0 Å². The molecule has 0 aliphatic heterocycles. The number of oxazole rings is 1. The highest BCUT2D eigenvalue weighted by molar-refractivity contribution is 6.42. The van der Waals surface area contributed by atoms with Gasteiger partial charge in [-0.3, -0.25) is 4.79 Å². The zero-order valence-electron chi connectivity index (χ0n) is 14.5. The molecule has 0 radical (unpaired) electrons. The maximum Gasteiger partial charge on any atom is 0.273 e. The van der Waals surface area contributed by atoms with Gasteiger partial charge in [0.05, 0.1) is 10.0 Å². The van der Waals surface area contributed by atoms with E-state index in [4.69, 9.17) is 27.6 Å². The third-order valence-corrected chi connectivity index (χ3v) is 4.72. The quantitative estimate of drug-likeness (QED) is 0.647. The minimum Gasteiger partial charge on any atom is -0.444 e. The molecule has 0 unspecified atom stereocenters. The van der Waals surface area contributed by atoms with Gasteiger partial charge in [-0.2, -0.15) is 0 Å². The van der Waals surface area contributed by atoms with Gasteiger partial charge < -0.3 is 14.6 Å². The van der Waals surface area contributed by atoms with Gasteiger partial charge in [-0.25, -0.2) is 4.98 Å². The molecule has 0 aliphatic rings. The summed E-state index contributed by atoms with van der Waals surface area (Å²) in [5, 5.41) is 3.74. The molecule has 0 atom stereocenters. The number of halogens is 2. The van der Waals surface area contributed by atoms with Crippen LogP contribution in [0.2, 0.25) is 10.0 Å². The number of carbonyl (C=O) groups excluding carboxylic acids is 1. The van der Waals surface area contributed by atoms with Crippen LogP contribution >= 0.6 is 23.2 Å². The molecule has 0 fully saturated rings. The Bertz CT molecular complexity index is 699. The number of unbranched alkanes of at least 4 members (excludes halogenated alkanes) is 1. The molecule has 5 nitrogen and oxygen atoms in total. The zero-order chi connectivity index (χ0) is 18.2. The van der Waals surface area contributed by atoms with Crippen molar-refractivity contribution in [2.24, 2.45) is 0 Å². The average Bonchev–Trinajstić information content (AvgIpc) is 3.10. The Hall–Kier alpha value is -1.56. The summed E-state index contributed by atoms with van der Waals surface area (Å²) >= 11 is 11.9. The van der Waals surface area contributed by atoms with Gasteiger partial charge in [-0.1, -0.05) is 37.0 Å². The highest BCUT2D eigenvalue weighted by Crippen LogP contribution is 2.28. The van der Waals surface area contributed by atoms with E-state index in [9.17, 15) is 4.79 Å². The number of hydrogen-bond acceptors (Lipinski definition) is 4. The van der Waals surface area contributed by atoms with E-state index in [1.165, 1.54) is 6.26 Å². The number of hydrogen-bond donors (Lipinski definition) is 1. The van der Waals surface area contributed by atoms with E-state index in [0.29, 0.717) is 28.0 Å². The maximum absolute atomic E-state index is 12.1. The minimum absolute atomic E-state index is 0.238. The normalized spacial score (nSPS) is 11.1. The molecule has 136 valence electrons. The number of nitrogens with zero attached hydrogens (tertiary/aromatic N) is 2. The topological polar surface area (TPSA) is 58.4 Å². The Balaban J connectivity index is 1.83. The van der Waals surface area contributed by atoms with Gasteiger partial charge in [0.2, 0.25) is 5.89 Å². The molecule has 1 aromatic heterocycles. The fraction of sp³-hybridized carbons (Fsp3) is 0.444. The monoisotopic (exact) mass is 383 g/mol. The smallest absolute Gasteiger partial charge is 0.273 e. The summed E-state index contributed by atoms with van der Waals surface area (Å²) in [6, 6.07) is 5.07. The predicted molar refractivity (Wildman–Crippen MR) is 101 cm³/mol. The van der Waals surface area contributed by atoms with Crippen LogP contribution in [0.25, 0.3) is 11.5 Å². The number of carbonyl (C=O) groups is 1. The summed E-state index contributed by atoms with van der Waals surface area (Å²) in [7, 11) is 0. The van der Waals surface area contributed by atoms with E-state index >= 15 is 0 Å². The van der Waals surface area contributed by atoms with E-state index in [2.05, 4.69) is 29.0 Å². The van der Waals surface area contributed by atoms with Crippen molar-refractivity contribution in [2.45, 2.75) is 26.7 Å². The molecule has 2 rings (SSSR count). The van der Waals surface area contributed by atoms with Crippen molar-refractivity contribution in [1.29, 1.82) is 0 Å².